The molecule has 0 N–H and O–H groups in total. The Kier molecular flexibility index (Phi) is 4.95. The molecular formula is C6H3Cl8N3. The molecule has 0 aromatic carbocycles. The van der Waals surface area contributed by atoms with Gasteiger partial charge in [0.2, 0.25) is 11.9 Å². The van der Waals surface area contributed by atoms with Crippen molar-refractivity contribution < 1.29 is 0 Å². The Bertz CT molecular complexity index is 414. The highest BCUT2D eigenvalue weighted by Crippen LogP contribution is 2.55. The summed E-state index contributed by atoms with van der Waals surface area (Å²) in [5.74, 6) is 0. The topological polar surface area (TPSA) is 30.7 Å². The Hall–Kier alpha value is 1.46. The Balaban J connectivity index is 3.47. The summed E-state index contributed by atoms with van der Waals surface area (Å²) in [6.07, 6.45) is 0. The molecule has 0 atom stereocenters. The maximum Gasteiger partial charge on any atom is 0.236 e. The molecule has 11 heteroatoms. The minimum absolute atomic E-state index is 0.0131. The number of rotatable bonds is 1. The molecule has 17 heavy (non-hydrogen) atoms. The van der Waals surface area contributed by atoms with Gasteiger partial charge in [-0.3, -0.25) is 0 Å². The van der Waals surface area contributed by atoms with Gasteiger partial charge in [-0.2, -0.15) is 0 Å². The highest BCUT2D eigenvalue weighted by molar-refractivity contribution is 6.75. The third-order valence-corrected chi connectivity index (χ3v) is 4.64. The van der Waals surface area contributed by atoms with E-state index >= 15 is 0 Å². The number of aromatic nitrogens is 3. The third kappa shape index (κ3) is 3.32. The van der Waals surface area contributed by atoms with E-state index in [1.165, 1.54) is 11.7 Å². The van der Waals surface area contributed by atoms with Crippen LogP contribution in [0.2, 0.25) is 0 Å². The van der Waals surface area contributed by atoms with Crippen LogP contribution in [0, 0.1) is 0 Å². The molecule has 0 unspecified atom stereocenters. The largest absolute Gasteiger partial charge is 0.249 e. The fourth-order valence-electron chi connectivity index (χ4n) is 1.03. The smallest absolute Gasteiger partial charge is 0.236 e. The molecule has 0 fully saturated rings. The Morgan fingerprint density at radius 1 is 0.941 bits per heavy atom. The highest BCUT2D eigenvalue weighted by Gasteiger charge is 2.53. The highest BCUT2D eigenvalue weighted by atomic mass is 35.6. The molecule has 0 amide bonds. The Morgan fingerprint density at radius 2 is 1.41 bits per heavy atom. The summed E-state index contributed by atoms with van der Waals surface area (Å²) >= 11 is 46.1. The average Bonchev–Trinajstić information content (AvgIpc) is 2.44. The maximum atomic E-state index is 5.99. The zero-order valence-electron chi connectivity index (χ0n) is 7.87. The second-order valence-electron chi connectivity index (χ2n) is 2.98. The van der Waals surface area contributed by atoms with Gasteiger partial charge in [0, 0.05) is 7.05 Å². The summed E-state index contributed by atoms with van der Waals surface area (Å²) in [5.41, 5.74) is -0.123. The molecule has 1 rings (SSSR count). The molecule has 0 saturated heterocycles. The molecule has 98 valence electrons. The van der Waals surface area contributed by atoms with E-state index in [1.54, 1.807) is 0 Å². The molecule has 0 saturated carbocycles. The first kappa shape index (κ1) is 16.5. The first-order valence-corrected chi connectivity index (χ1v) is 6.83. The normalized spacial score (nSPS) is 14.2. The monoisotopic (exact) mass is 397 g/mol. The van der Waals surface area contributed by atoms with E-state index in [-0.39, 0.29) is 11.4 Å². The summed E-state index contributed by atoms with van der Waals surface area (Å²) in [6, 6.07) is 0. The lowest BCUT2D eigenvalue weighted by molar-refractivity contribution is 0.650. The van der Waals surface area contributed by atoms with Gasteiger partial charge in [0.1, 0.15) is 11.4 Å². The molecule has 0 aliphatic carbocycles. The number of aryl methyl sites for hydroxylation is 1. The van der Waals surface area contributed by atoms with Crippen LogP contribution in [0.25, 0.3) is 0 Å². The van der Waals surface area contributed by atoms with Crippen molar-refractivity contribution in [3.05, 3.63) is 11.4 Å². The van der Waals surface area contributed by atoms with E-state index in [2.05, 4.69) is 10.3 Å². The molecular weight excluding hydrogens is 398 g/mol. The molecule has 1 aromatic rings. The van der Waals surface area contributed by atoms with E-state index in [0.29, 0.717) is 0 Å². The predicted octanol–water partition coefficient (Wildman–Crippen LogP) is 4.64. The lowest BCUT2D eigenvalue weighted by Gasteiger charge is -2.28. The van der Waals surface area contributed by atoms with Gasteiger partial charge in [0.05, 0.1) is 0 Å². The first-order chi connectivity index (χ1) is 7.39. The summed E-state index contributed by atoms with van der Waals surface area (Å²) in [4.78, 5) is 0. The van der Waals surface area contributed by atoms with Gasteiger partial charge >= 0.3 is 0 Å². The predicted molar refractivity (Wildman–Crippen MR) is 73.9 cm³/mol. The molecule has 1 aromatic heterocycles. The molecule has 0 aliphatic rings. The van der Waals surface area contributed by atoms with Crippen LogP contribution in [-0.4, -0.2) is 18.8 Å². The molecule has 0 spiro atoms. The summed E-state index contributed by atoms with van der Waals surface area (Å²) < 4.78 is -4.76. The summed E-state index contributed by atoms with van der Waals surface area (Å²) in [5, 5.41) is 7.27. The molecule has 1 heterocycles. The minimum Gasteiger partial charge on any atom is -0.249 e. The van der Waals surface area contributed by atoms with Gasteiger partial charge in [-0.1, -0.05) is 98.0 Å². The van der Waals surface area contributed by atoms with Crippen LogP contribution < -0.4 is 0 Å². The quantitative estimate of drug-likeness (QED) is 0.643. The van der Waals surface area contributed by atoms with Crippen molar-refractivity contribution in [1.29, 1.82) is 0 Å². The first-order valence-electron chi connectivity index (χ1n) is 3.81. The van der Waals surface area contributed by atoms with Crippen molar-refractivity contribution in [3.8, 4) is 0 Å². The van der Waals surface area contributed by atoms with Gasteiger partial charge in [0.15, 0.2) is 0 Å². The molecule has 3 nitrogen and oxygen atoms in total. The Labute approximate surface area is 137 Å². The van der Waals surface area contributed by atoms with Gasteiger partial charge < -0.3 is 0 Å². The maximum absolute atomic E-state index is 5.99. The number of halogens is 8. The van der Waals surface area contributed by atoms with Crippen LogP contribution in [0.4, 0.5) is 0 Å². The summed E-state index contributed by atoms with van der Waals surface area (Å²) in [7, 11) is 1.47. The number of nitrogens with zero attached hydrogens (tertiary/aromatic N) is 3. The third-order valence-electron chi connectivity index (χ3n) is 1.75. The number of hydrogen-bond donors (Lipinski definition) is 0. The van der Waals surface area contributed by atoms with Gasteiger partial charge in [0.25, 0.3) is 0 Å². The van der Waals surface area contributed by atoms with Gasteiger partial charge in [-0.15, -0.1) is 5.10 Å². The number of hydrogen-bond acceptors (Lipinski definition) is 2. The van der Waals surface area contributed by atoms with Crippen LogP contribution in [0.1, 0.15) is 11.4 Å². The minimum atomic E-state index is -2.06. The zero-order chi connectivity index (χ0) is 13.6. The van der Waals surface area contributed by atoms with E-state index in [9.17, 15) is 0 Å². The van der Waals surface area contributed by atoms with Crippen LogP contribution >= 0.6 is 92.8 Å². The van der Waals surface area contributed by atoms with Crippen molar-refractivity contribution >= 4 is 92.8 Å². The van der Waals surface area contributed by atoms with Crippen molar-refractivity contribution in [2.45, 2.75) is 11.9 Å². The standard InChI is InChI=1S/C6H3Cl8N3/c1-17-3(4(7,8)6(12,13)14)2(15-16-17)5(9,10)11/h1H3. The van der Waals surface area contributed by atoms with Crippen molar-refractivity contribution in [1.82, 2.24) is 15.0 Å². The lowest BCUT2D eigenvalue weighted by Crippen LogP contribution is -2.32. The molecule has 0 radical (unpaired) electrons. The fraction of sp³-hybridized carbons (Fsp3) is 0.667. The average molecular weight is 401 g/mol. The zero-order valence-corrected chi connectivity index (χ0v) is 13.9. The van der Waals surface area contributed by atoms with E-state index < -0.39 is 11.9 Å². The molecule has 0 aliphatic heterocycles. The van der Waals surface area contributed by atoms with Crippen LogP contribution in [0.5, 0.6) is 0 Å². The van der Waals surface area contributed by atoms with Crippen LogP contribution in [0.15, 0.2) is 0 Å². The van der Waals surface area contributed by atoms with Crippen molar-refractivity contribution in [3.63, 3.8) is 0 Å². The lowest BCUT2D eigenvalue weighted by atomic mass is 10.2. The van der Waals surface area contributed by atoms with Crippen LogP contribution in [-0.2, 0) is 15.2 Å². The van der Waals surface area contributed by atoms with Crippen molar-refractivity contribution in [2.75, 3.05) is 0 Å². The fourth-order valence-corrected chi connectivity index (χ4v) is 2.11. The summed E-state index contributed by atoms with van der Waals surface area (Å²) in [6.45, 7) is 0. The SMILES string of the molecule is Cn1nnc(C(Cl)(Cl)Cl)c1C(Cl)(Cl)C(Cl)(Cl)Cl. The van der Waals surface area contributed by atoms with E-state index in [4.69, 9.17) is 92.8 Å². The van der Waals surface area contributed by atoms with Crippen molar-refractivity contribution in [2.24, 2.45) is 7.05 Å². The van der Waals surface area contributed by atoms with Crippen LogP contribution in [0.3, 0.4) is 0 Å². The molecule has 0 bridgehead atoms. The van der Waals surface area contributed by atoms with Gasteiger partial charge in [-0.05, 0) is 0 Å². The van der Waals surface area contributed by atoms with Gasteiger partial charge in [-0.25, -0.2) is 4.68 Å². The van der Waals surface area contributed by atoms with E-state index in [0.717, 1.165) is 0 Å². The second kappa shape index (κ2) is 5.10. The number of alkyl halides is 8. The Morgan fingerprint density at radius 3 is 1.76 bits per heavy atom. The second-order valence-corrected chi connectivity index (χ2v) is 8.87. The van der Waals surface area contributed by atoms with E-state index in [1.807, 2.05) is 0 Å².